The summed E-state index contributed by atoms with van der Waals surface area (Å²) in [7, 11) is 0. The van der Waals surface area contributed by atoms with Crippen LogP contribution in [0.15, 0.2) is 65.3 Å². The van der Waals surface area contributed by atoms with Crippen LogP contribution < -0.4 is 10.5 Å². The maximum absolute atomic E-state index is 13.2. The highest BCUT2D eigenvalue weighted by Crippen LogP contribution is 2.49. The highest BCUT2D eigenvalue weighted by molar-refractivity contribution is 6.30. The number of nitrogens with zero attached hydrogens (tertiary/aromatic N) is 1. The van der Waals surface area contributed by atoms with E-state index in [9.17, 15) is 10.1 Å². The van der Waals surface area contributed by atoms with Crippen LogP contribution in [0.4, 0.5) is 0 Å². The van der Waals surface area contributed by atoms with Crippen molar-refractivity contribution in [2.75, 3.05) is 0 Å². The van der Waals surface area contributed by atoms with Crippen LogP contribution in [0, 0.1) is 23.7 Å². The number of allylic oxidation sites excluding steroid dienone is 3. The Labute approximate surface area is 193 Å². The summed E-state index contributed by atoms with van der Waals surface area (Å²) >= 11 is 6.34. The first-order chi connectivity index (χ1) is 15.2. The van der Waals surface area contributed by atoms with Gasteiger partial charge in [0.2, 0.25) is 5.88 Å². The Hall–Kier alpha value is -3.23. The van der Waals surface area contributed by atoms with Crippen molar-refractivity contribution in [2.45, 2.75) is 46.1 Å². The summed E-state index contributed by atoms with van der Waals surface area (Å²) in [6.07, 6.45) is 0.925. The molecule has 0 fully saturated rings. The van der Waals surface area contributed by atoms with E-state index in [-0.39, 0.29) is 22.7 Å². The third-order valence-corrected chi connectivity index (χ3v) is 6.11. The summed E-state index contributed by atoms with van der Waals surface area (Å²) in [6.45, 7) is 6.40. The molecule has 1 aliphatic heterocycles. The molecule has 0 saturated heterocycles. The number of nitrogens with two attached hydrogens (primary N) is 1. The van der Waals surface area contributed by atoms with Gasteiger partial charge in [0.05, 0.1) is 5.92 Å². The summed E-state index contributed by atoms with van der Waals surface area (Å²) in [4.78, 5) is 13.2. The fourth-order valence-electron chi connectivity index (χ4n) is 4.32. The zero-order valence-corrected chi connectivity index (χ0v) is 19.1. The normalized spacial score (nSPS) is 19.8. The SMILES string of the molecule is Cc1ccc(COc2ccc(Cl)cc2C2C(C#N)=C(N)OC3=C2C(=O)CC(C)(C)C3)cc1. The fourth-order valence-corrected chi connectivity index (χ4v) is 4.50. The lowest BCUT2D eigenvalue weighted by atomic mass is 9.70. The molecule has 0 aromatic heterocycles. The maximum Gasteiger partial charge on any atom is 0.205 e. The van der Waals surface area contributed by atoms with Gasteiger partial charge in [0.15, 0.2) is 5.78 Å². The van der Waals surface area contributed by atoms with E-state index in [1.807, 2.05) is 45.0 Å². The standard InChI is InChI=1S/C26H25ClN2O3/c1-15-4-6-16(7-5-15)14-31-21-9-8-17(27)10-18(21)23-19(13-28)25(29)32-22-12-26(2,3)11-20(30)24(22)23/h4-10,23H,11-12,14,29H2,1-3H3. The molecule has 164 valence electrons. The summed E-state index contributed by atoms with van der Waals surface area (Å²) in [6, 6.07) is 15.4. The lowest BCUT2D eigenvalue weighted by molar-refractivity contribution is -0.119. The quantitative estimate of drug-likeness (QED) is 0.650. The monoisotopic (exact) mass is 448 g/mol. The van der Waals surface area contributed by atoms with Crippen molar-refractivity contribution in [1.82, 2.24) is 0 Å². The van der Waals surface area contributed by atoms with Crippen LogP contribution in [-0.2, 0) is 16.1 Å². The molecule has 0 spiro atoms. The predicted molar refractivity (Wildman–Crippen MR) is 123 cm³/mol. The van der Waals surface area contributed by atoms with Crippen LogP contribution in [0.3, 0.4) is 0 Å². The average molecular weight is 449 g/mol. The summed E-state index contributed by atoms with van der Waals surface area (Å²) in [5.41, 5.74) is 9.37. The molecule has 2 aromatic rings. The van der Waals surface area contributed by atoms with Gasteiger partial charge in [-0.25, -0.2) is 0 Å². The number of Topliss-reactive ketones (excluding diaryl/α,β-unsaturated/α-hetero) is 1. The Balaban J connectivity index is 1.79. The predicted octanol–water partition coefficient (Wildman–Crippen LogP) is 5.68. The number of ether oxygens (including phenoxy) is 2. The summed E-state index contributed by atoms with van der Waals surface area (Å²) in [5.74, 6) is 0.361. The van der Waals surface area contributed by atoms with Gasteiger partial charge in [-0.15, -0.1) is 0 Å². The van der Waals surface area contributed by atoms with E-state index in [4.69, 9.17) is 26.8 Å². The molecule has 5 nitrogen and oxygen atoms in total. The summed E-state index contributed by atoms with van der Waals surface area (Å²) < 4.78 is 11.9. The first-order valence-corrected chi connectivity index (χ1v) is 10.9. The number of carbonyl (C=O) groups excluding carboxylic acids is 1. The number of aryl methyl sites for hydroxylation is 1. The maximum atomic E-state index is 13.2. The lowest BCUT2D eigenvalue weighted by Crippen LogP contribution is -2.33. The van der Waals surface area contributed by atoms with Crippen molar-refractivity contribution in [2.24, 2.45) is 11.1 Å². The second-order valence-corrected chi connectivity index (χ2v) is 9.60. The molecule has 4 rings (SSSR count). The molecule has 1 atom stereocenters. The number of hydrogen-bond donors (Lipinski definition) is 1. The van der Waals surface area contributed by atoms with E-state index in [1.165, 1.54) is 5.56 Å². The Morgan fingerprint density at radius 1 is 1.22 bits per heavy atom. The minimum absolute atomic E-state index is 0.0196. The molecule has 0 radical (unpaired) electrons. The van der Waals surface area contributed by atoms with Crippen molar-refractivity contribution in [1.29, 1.82) is 5.26 Å². The van der Waals surface area contributed by atoms with Crippen molar-refractivity contribution in [3.8, 4) is 11.8 Å². The molecule has 0 bridgehead atoms. The van der Waals surface area contributed by atoms with Crippen molar-refractivity contribution in [3.05, 3.63) is 87.0 Å². The zero-order valence-electron chi connectivity index (χ0n) is 18.4. The first-order valence-electron chi connectivity index (χ1n) is 10.5. The van der Waals surface area contributed by atoms with Crippen LogP contribution in [0.5, 0.6) is 5.75 Å². The van der Waals surface area contributed by atoms with Gasteiger partial charge in [0, 0.05) is 29.0 Å². The van der Waals surface area contributed by atoms with Gasteiger partial charge in [-0.3, -0.25) is 4.79 Å². The Bertz CT molecular complexity index is 1190. The van der Waals surface area contributed by atoms with Crippen LogP contribution in [-0.4, -0.2) is 5.78 Å². The molecule has 2 aromatic carbocycles. The second kappa shape index (κ2) is 8.37. The topological polar surface area (TPSA) is 85.3 Å². The molecule has 2 N–H and O–H groups in total. The molecule has 1 heterocycles. The third kappa shape index (κ3) is 4.24. The Kier molecular flexibility index (Phi) is 5.75. The smallest absolute Gasteiger partial charge is 0.205 e. The van der Waals surface area contributed by atoms with E-state index in [2.05, 4.69) is 6.07 Å². The van der Waals surface area contributed by atoms with Gasteiger partial charge < -0.3 is 15.2 Å². The number of hydrogen-bond acceptors (Lipinski definition) is 5. The highest BCUT2D eigenvalue weighted by Gasteiger charge is 2.43. The number of halogens is 1. The van der Waals surface area contributed by atoms with E-state index in [1.54, 1.807) is 18.2 Å². The number of benzene rings is 2. The lowest BCUT2D eigenvalue weighted by Gasteiger charge is -2.37. The van der Waals surface area contributed by atoms with Crippen LogP contribution in [0.1, 0.15) is 49.3 Å². The molecule has 1 aliphatic carbocycles. The zero-order chi connectivity index (χ0) is 23.0. The van der Waals surface area contributed by atoms with Crippen LogP contribution >= 0.6 is 11.6 Å². The van der Waals surface area contributed by atoms with E-state index in [0.717, 1.165) is 5.56 Å². The van der Waals surface area contributed by atoms with Crippen molar-refractivity contribution in [3.63, 3.8) is 0 Å². The van der Waals surface area contributed by atoms with Crippen molar-refractivity contribution >= 4 is 17.4 Å². The molecule has 0 saturated carbocycles. The minimum Gasteiger partial charge on any atom is -0.489 e. The molecule has 6 heteroatoms. The van der Waals surface area contributed by atoms with Gasteiger partial charge in [-0.05, 0) is 36.1 Å². The van der Waals surface area contributed by atoms with Crippen LogP contribution in [0.2, 0.25) is 5.02 Å². The van der Waals surface area contributed by atoms with Gasteiger partial charge >= 0.3 is 0 Å². The molecular formula is C26H25ClN2O3. The van der Waals surface area contributed by atoms with Gasteiger partial charge in [0.1, 0.15) is 29.8 Å². The second-order valence-electron chi connectivity index (χ2n) is 9.16. The minimum atomic E-state index is -0.681. The van der Waals surface area contributed by atoms with Gasteiger partial charge in [-0.2, -0.15) is 5.26 Å². The van der Waals surface area contributed by atoms with Crippen LogP contribution in [0.25, 0.3) is 0 Å². The van der Waals surface area contributed by atoms with Gasteiger partial charge in [0.25, 0.3) is 0 Å². The molecular weight excluding hydrogens is 424 g/mol. The molecule has 32 heavy (non-hydrogen) atoms. The van der Waals surface area contributed by atoms with E-state index >= 15 is 0 Å². The van der Waals surface area contributed by atoms with E-state index in [0.29, 0.717) is 47.1 Å². The molecule has 0 amide bonds. The number of carbonyl (C=O) groups is 1. The molecule has 1 unspecified atom stereocenters. The largest absolute Gasteiger partial charge is 0.489 e. The van der Waals surface area contributed by atoms with E-state index < -0.39 is 5.92 Å². The number of ketones is 1. The Morgan fingerprint density at radius 3 is 2.62 bits per heavy atom. The first kappa shape index (κ1) is 22.0. The molecule has 2 aliphatic rings. The average Bonchev–Trinajstić information content (AvgIpc) is 2.72. The summed E-state index contributed by atoms with van der Waals surface area (Å²) in [5, 5.41) is 10.4. The fraction of sp³-hybridized carbons (Fsp3) is 0.308. The highest BCUT2D eigenvalue weighted by atomic mass is 35.5. The third-order valence-electron chi connectivity index (χ3n) is 5.87. The number of nitriles is 1. The van der Waals surface area contributed by atoms with Crippen molar-refractivity contribution < 1.29 is 14.3 Å². The van der Waals surface area contributed by atoms with Gasteiger partial charge in [-0.1, -0.05) is 55.3 Å². The Morgan fingerprint density at radius 2 is 1.94 bits per heavy atom. The number of rotatable bonds is 4.